The van der Waals surface area contributed by atoms with Crippen LogP contribution in [0, 0.1) is 0 Å². The molecular formula is C14H29NO4. The van der Waals surface area contributed by atoms with Crippen LogP contribution in [0.3, 0.4) is 0 Å². The van der Waals surface area contributed by atoms with E-state index in [1.165, 1.54) is 43.4 Å². The predicted octanol–water partition coefficient (Wildman–Crippen LogP) is 0.426. The van der Waals surface area contributed by atoms with Gasteiger partial charge in [0.05, 0.1) is 46.5 Å². The molecule has 0 aliphatic carbocycles. The van der Waals surface area contributed by atoms with E-state index in [2.05, 4.69) is 18.7 Å². The van der Waals surface area contributed by atoms with Gasteiger partial charge in [0.2, 0.25) is 0 Å². The molecule has 0 spiro atoms. The lowest BCUT2D eigenvalue weighted by atomic mass is 10.1. The van der Waals surface area contributed by atoms with Crippen molar-refractivity contribution < 1.29 is 23.9 Å². The summed E-state index contributed by atoms with van der Waals surface area (Å²) in [5.41, 5.74) is 0. The molecule has 0 bridgehead atoms. The molecule has 0 saturated carbocycles. The van der Waals surface area contributed by atoms with Crippen LogP contribution in [-0.4, -0.2) is 64.1 Å². The Hall–Kier alpha value is -0.650. The van der Waals surface area contributed by atoms with Crippen LogP contribution in [0.4, 0.5) is 0 Å². The summed E-state index contributed by atoms with van der Waals surface area (Å²) in [6, 6.07) is 0. The van der Waals surface area contributed by atoms with E-state index in [1.54, 1.807) is 7.11 Å². The monoisotopic (exact) mass is 275 g/mol. The highest BCUT2D eigenvalue weighted by molar-refractivity contribution is 5.64. The number of piperidine rings is 1. The molecule has 1 aliphatic heterocycles. The van der Waals surface area contributed by atoms with Crippen molar-refractivity contribution in [3.63, 3.8) is 0 Å². The molecule has 0 amide bonds. The Bertz CT molecular complexity index is 227. The Morgan fingerprint density at radius 3 is 2.21 bits per heavy atom. The number of ether oxygens (including phenoxy) is 2. The molecule has 5 heteroatoms. The van der Waals surface area contributed by atoms with Crippen molar-refractivity contribution in [1.29, 1.82) is 0 Å². The fourth-order valence-corrected chi connectivity index (χ4v) is 1.99. The number of quaternary nitrogens is 1. The fourth-order valence-electron chi connectivity index (χ4n) is 1.99. The summed E-state index contributed by atoms with van der Waals surface area (Å²) >= 11 is 0. The Morgan fingerprint density at radius 2 is 1.79 bits per heavy atom. The number of carbonyl (C=O) groups is 1. The first-order chi connectivity index (χ1) is 9.04. The number of likely N-dealkylation sites (tertiary alicyclic amines) is 1. The second-order valence-electron chi connectivity index (χ2n) is 5.17. The van der Waals surface area contributed by atoms with E-state index in [0.29, 0.717) is 13.2 Å². The molecule has 1 aliphatic rings. The molecule has 0 N–H and O–H groups in total. The average molecular weight is 275 g/mol. The Labute approximate surface area is 117 Å². The molecule has 0 aromatic carbocycles. The van der Waals surface area contributed by atoms with Crippen LogP contribution < -0.4 is 5.11 Å². The lowest BCUT2D eigenvalue weighted by molar-refractivity contribution is -0.912. The lowest BCUT2D eigenvalue weighted by Crippen LogP contribution is -2.47. The van der Waals surface area contributed by atoms with E-state index < -0.39 is 5.97 Å². The minimum atomic E-state index is -1.09. The molecule has 5 nitrogen and oxygen atoms in total. The third-order valence-corrected chi connectivity index (χ3v) is 3.54. The van der Waals surface area contributed by atoms with Crippen LogP contribution in [-0.2, 0) is 14.3 Å². The minimum absolute atomic E-state index is 0.0519. The third kappa shape index (κ3) is 10.9. The molecule has 0 aromatic rings. The zero-order valence-corrected chi connectivity index (χ0v) is 12.7. The van der Waals surface area contributed by atoms with Gasteiger partial charge in [-0.1, -0.05) is 0 Å². The SMILES string of the molecule is CC[N+]1(C)CCCCC1.COCCOCCC(=O)[O-]. The van der Waals surface area contributed by atoms with E-state index in [-0.39, 0.29) is 13.0 Å². The largest absolute Gasteiger partial charge is 0.550 e. The van der Waals surface area contributed by atoms with Gasteiger partial charge in [0.15, 0.2) is 0 Å². The maximum absolute atomic E-state index is 9.81. The van der Waals surface area contributed by atoms with Gasteiger partial charge in [-0.25, -0.2) is 0 Å². The number of methoxy groups -OCH3 is 1. The van der Waals surface area contributed by atoms with Gasteiger partial charge in [0.1, 0.15) is 0 Å². The number of aliphatic carboxylic acids is 1. The maximum atomic E-state index is 9.81. The number of carbonyl (C=O) groups excluding carboxylic acids is 1. The number of nitrogens with zero attached hydrogens (tertiary/aromatic N) is 1. The van der Waals surface area contributed by atoms with Crippen molar-refractivity contribution in [2.24, 2.45) is 0 Å². The molecule has 1 rings (SSSR count). The highest BCUT2D eigenvalue weighted by Gasteiger charge is 2.21. The Balaban J connectivity index is 0.000000342. The van der Waals surface area contributed by atoms with Crippen LogP contribution in [0.2, 0.25) is 0 Å². The van der Waals surface area contributed by atoms with Crippen molar-refractivity contribution >= 4 is 5.97 Å². The standard InChI is InChI=1S/C8H18N.C6H12O4/c1-3-9(2)7-5-4-6-8-9;1-9-4-5-10-3-2-6(7)8/h3-8H2,1-2H3;2-5H2,1H3,(H,7,8)/q+1;/p-1. The van der Waals surface area contributed by atoms with E-state index in [9.17, 15) is 9.90 Å². The first kappa shape index (κ1) is 18.4. The molecule has 0 atom stereocenters. The molecule has 0 radical (unpaired) electrons. The number of carboxylic acid groups (broad SMARTS) is 1. The second kappa shape index (κ2) is 11.2. The van der Waals surface area contributed by atoms with Crippen molar-refractivity contribution in [3.05, 3.63) is 0 Å². The summed E-state index contributed by atoms with van der Waals surface area (Å²) in [6.45, 7) is 7.57. The zero-order valence-electron chi connectivity index (χ0n) is 12.7. The smallest absolute Gasteiger partial charge is 0.0784 e. The second-order valence-corrected chi connectivity index (χ2v) is 5.17. The van der Waals surface area contributed by atoms with Crippen molar-refractivity contribution in [2.75, 3.05) is 53.6 Å². The third-order valence-electron chi connectivity index (χ3n) is 3.54. The van der Waals surface area contributed by atoms with Gasteiger partial charge in [0, 0.05) is 19.5 Å². The molecule has 0 unspecified atom stereocenters. The minimum Gasteiger partial charge on any atom is -0.550 e. The van der Waals surface area contributed by atoms with Crippen molar-refractivity contribution in [1.82, 2.24) is 0 Å². The normalized spacial score (nSPS) is 17.4. The van der Waals surface area contributed by atoms with E-state index in [0.717, 1.165) is 0 Å². The van der Waals surface area contributed by atoms with Gasteiger partial charge in [-0.05, 0) is 26.2 Å². The topological polar surface area (TPSA) is 58.6 Å². The highest BCUT2D eigenvalue weighted by Crippen LogP contribution is 2.14. The molecule has 19 heavy (non-hydrogen) atoms. The molecule has 114 valence electrons. The highest BCUT2D eigenvalue weighted by atomic mass is 16.5. The summed E-state index contributed by atoms with van der Waals surface area (Å²) in [5, 5.41) is 9.81. The molecular weight excluding hydrogens is 246 g/mol. The summed E-state index contributed by atoms with van der Waals surface area (Å²) in [6.07, 6.45) is 4.31. The number of hydrogen-bond donors (Lipinski definition) is 0. The van der Waals surface area contributed by atoms with Crippen LogP contribution in [0.5, 0.6) is 0 Å². The van der Waals surface area contributed by atoms with Gasteiger partial charge < -0.3 is 23.9 Å². The molecule has 1 heterocycles. The molecule has 1 saturated heterocycles. The summed E-state index contributed by atoms with van der Waals surface area (Å²) in [5.74, 6) is -1.09. The van der Waals surface area contributed by atoms with Crippen molar-refractivity contribution in [3.8, 4) is 0 Å². The van der Waals surface area contributed by atoms with E-state index >= 15 is 0 Å². The Kier molecular flexibility index (Phi) is 10.8. The lowest BCUT2D eigenvalue weighted by Gasteiger charge is -2.36. The van der Waals surface area contributed by atoms with Crippen LogP contribution in [0.1, 0.15) is 32.6 Å². The van der Waals surface area contributed by atoms with Gasteiger partial charge in [-0.2, -0.15) is 0 Å². The van der Waals surface area contributed by atoms with Gasteiger partial charge >= 0.3 is 0 Å². The zero-order chi connectivity index (χ0) is 14.6. The summed E-state index contributed by atoms with van der Waals surface area (Å²) in [4.78, 5) is 9.81. The van der Waals surface area contributed by atoms with Gasteiger partial charge in [-0.3, -0.25) is 0 Å². The summed E-state index contributed by atoms with van der Waals surface area (Å²) < 4.78 is 10.8. The molecule has 1 fully saturated rings. The van der Waals surface area contributed by atoms with Crippen LogP contribution in [0.25, 0.3) is 0 Å². The van der Waals surface area contributed by atoms with E-state index in [1.807, 2.05) is 0 Å². The Morgan fingerprint density at radius 1 is 1.16 bits per heavy atom. The average Bonchev–Trinajstić information content (AvgIpc) is 2.40. The van der Waals surface area contributed by atoms with E-state index in [4.69, 9.17) is 4.74 Å². The van der Waals surface area contributed by atoms with Crippen LogP contribution >= 0.6 is 0 Å². The first-order valence-electron chi connectivity index (χ1n) is 7.14. The fraction of sp³-hybridized carbons (Fsp3) is 0.929. The van der Waals surface area contributed by atoms with Crippen molar-refractivity contribution in [2.45, 2.75) is 32.6 Å². The first-order valence-corrected chi connectivity index (χ1v) is 7.14. The number of carboxylic acids is 1. The van der Waals surface area contributed by atoms with Crippen LogP contribution in [0.15, 0.2) is 0 Å². The maximum Gasteiger partial charge on any atom is 0.0784 e. The summed E-state index contributed by atoms with van der Waals surface area (Å²) in [7, 11) is 3.93. The number of rotatable bonds is 7. The van der Waals surface area contributed by atoms with Gasteiger partial charge in [-0.15, -0.1) is 0 Å². The van der Waals surface area contributed by atoms with Gasteiger partial charge in [0.25, 0.3) is 0 Å². The molecule has 0 aromatic heterocycles. The number of hydrogen-bond acceptors (Lipinski definition) is 4. The quantitative estimate of drug-likeness (QED) is 0.499. The predicted molar refractivity (Wildman–Crippen MR) is 72.6 cm³/mol.